The van der Waals surface area contributed by atoms with Crippen LogP contribution < -0.4 is 5.32 Å². The molecule has 1 fully saturated rings. The van der Waals surface area contributed by atoms with Crippen LogP contribution in [0.5, 0.6) is 0 Å². The molecule has 1 aromatic carbocycles. The van der Waals surface area contributed by atoms with Crippen LogP contribution in [0.15, 0.2) is 18.2 Å². The summed E-state index contributed by atoms with van der Waals surface area (Å²) in [4.78, 5) is 12.9. The van der Waals surface area contributed by atoms with Crippen LogP contribution in [0.3, 0.4) is 0 Å². The molecule has 1 heterocycles. The largest absolute Gasteiger partial charge is 0.377 e. The summed E-state index contributed by atoms with van der Waals surface area (Å²) in [6, 6.07) is 3.70. The van der Waals surface area contributed by atoms with E-state index in [0.29, 0.717) is 5.92 Å². The lowest BCUT2D eigenvalue weighted by Gasteiger charge is -2.33. The average Bonchev–Trinajstić information content (AvgIpc) is 2.40. The number of nitrogens with one attached hydrogen (secondary N) is 1. The van der Waals surface area contributed by atoms with Crippen LogP contribution in [0, 0.1) is 21.8 Å². The van der Waals surface area contributed by atoms with E-state index in [1.165, 1.54) is 12.1 Å². The molecule has 0 spiro atoms. The first-order valence-corrected chi connectivity index (χ1v) is 7.38. The molecule has 5 nitrogen and oxygen atoms in total. The van der Waals surface area contributed by atoms with Crippen molar-refractivity contribution in [2.75, 3.05) is 25.0 Å². The molecule has 1 saturated heterocycles. The van der Waals surface area contributed by atoms with Gasteiger partial charge in [-0.25, -0.2) is 4.39 Å². The van der Waals surface area contributed by atoms with Crippen LogP contribution in [0.1, 0.15) is 26.7 Å². The average molecular weight is 295 g/mol. The second-order valence-electron chi connectivity index (χ2n) is 6.03. The van der Waals surface area contributed by atoms with Gasteiger partial charge in [0.15, 0.2) is 0 Å². The normalized spacial score (nSPS) is 17.1. The summed E-state index contributed by atoms with van der Waals surface area (Å²) >= 11 is 0. The molecule has 1 aliphatic heterocycles. The maximum absolute atomic E-state index is 13.3. The third kappa shape index (κ3) is 4.39. The van der Waals surface area contributed by atoms with Crippen LogP contribution in [0.2, 0.25) is 0 Å². The topological polar surface area (TPSA) is 58.4 Å². The van der Waals surface area contributed by atoms with E-state index in [1.807, 2.05) is 0 Å². The van der Waals surface area contributed by atoms with Gasteiger partial charge in [-0.05, 0) is 24.8 Å². The standard InChI is InChI=1S/C15H22FN3O2/c1-11(2)10-18-7-5-13(6-8-18)17-14-9-12(16)3-4-15(14)19(20)21/h3-4,9,11,13,17H,5-8,10H2,1-2H3. The molecule has 0 radical (unpaired) electrons. The highest BCUT2D eigenvalue weighted by Crippen LogP contribution is 2.27. The zero-order valence-electron chi connectivity index (χ0n) is 12.5. The lowest BCUT2D eigenvalue weighted by Crippen LogP contribution is -2.40. The maximum Gasteiger partial charge on any atom is 0.292 e. The minimum atomic E-state index is -0.477. The predicted octanol–water partition coefficient (Wildman–Crippen LogP) is 3.27. The third-order valence-corrected chi connectivity index (χ3v) is 3.73. The highest BCUT2D eigenvalue weighted by molar-refractivity contribution is 5.61. The van der Waals surface area contributed by atoms with Gasteiger partial charge >= 0.3 is 0 Å². The minimum absolute atomic E-state index is 0.0685. The van der Waals surface area contributed by atoms with Crippen molar-refractivity contribution < 1.29 is 9.31 Å². The Morgan fingerprint density at radius 2 is 2.10 bits per heavy atom. The van der Waals surface area contributed by atoms with Crippen molar-refractivity contribution >= 4 is 11.4 Å². The van der Waals surface area contributed by atoms with E-state index in [0.717, 1.165) is 38.5 Å². The molecule has 0 atom stereocenters. The summed E-state index contributed by atoms with van der Waals surface area (Å²) in [5.74, 6) is 0.180. The smallest absolute Gasteiger partial charge is 0.292 e. The van der Waals surface area contributed by atoms with Crippen LogP contribution in [0.25, 0.3) is 0 Å². The van der Waals surface area contributed by atoms with Crippen molar-refractivity contribution in [1.82, 2.24) is 4.90 Å². The van der Waals surface area contributed by atoms with E-state index in [2.05, 4.69) is 24.1 Å². The van der Waals surface area contributed by atoms with Crippen molar-refractivity contribution in [3.8, 4) is 0 Å². The quantitative estimate of drug-likeness (QED) is 0.669. The number of rotatable bonds is 5. The van der Waals surface area contributed by atoms with E-state index in [9.17, 15) is 14.5 Å². The molecule has 0 aromatic heterocycles. The Balaban J connectivity index is 1.97. The number of nitrogens with zero attached hydrogens (tertiary/aromatic N) is 2. The van der Waals surface area contributed by atoms with Crippen LogP contribution in [0.4, 0.5) is 15.8 Å². The summed E-state index contributed by atoms with van der Waals surface area (Å²) in [5, 5.41) is 14.1. The molecule has 116 valence electrons. The van der Waals surface area contributed by atoms with E-state index in [4.69, 9.17) is 0 Å². The van der Waals surface area contributed by atoms with E-state index in [1.54, 1.807) is 0 Å². The molecule has 2 rings (SSSR count). The van der Waals surface area contributed by atoms with Crippen molar-refractivity contribution in [2.45, 2.75) is 32.7 Å². The first-order chi connectivity index (χ1) is 9.95. The molecule has 0 aliphatic carbocycles. The summed E-state index contributed by atoms with van der Waals surface area (Å²) < 4.78 is 13.3. The van der Waals surface area contributed by atoms with Gasteiger partial charge in [-0.2, -0.15) is 0 Å². The molecule has 0 amide bonds. The molecular formula is C15H22FN3O2. The van der Waals surface area contributed by atoms with Gasteiger partial charge in [0.05, 0.1) is 4.92 Å². The number of likely N-dealkylation sites (tertiary alicyclic amines) is 1. The fourth-order valence-electron chi connectivity index (χ4n) is 2.78. The molecule has 1 aromatic rings. The lowest BCUT2D eigenvalue weighted by molar-refractivity contribution is -0.384. The van der Waals surface area contributed by atoms with Crippen LogP contribution in [-0.2, 0) is 0 Å². The minimum Gasteiger partial charge on any atom is -0.377 e. The van der Waals surface area contributed by atoms with Gasteiger partial charge in [-0.3, -0.25) is 10.1 Å². The van der Waals surface area contributed by atoms with Gasteiger partial charge in [-0.15, -0.1) is 0 Å². The molecule has 1 N–H and O–H groups in total. The lowest BCUT2D eigenvalue weighted by atomic mass is 10.0. The molecule has 6 heteroatoms. The number of hydrogen-bond donors (Lipinski definition) is 1. The number of benzene rings is 1. The highest BCUT2D eigenvalue weighted by Gasteiger charge is 2.22. The summed E-state index contributed by atoms with van der Waals surface area (Å²) in [7, 11) is 0. The van der Waals surface area contributed by atoms with E-state index >= 15 is 0 Å². The monoisotopic (exact) mass is 295 g/mol. The van der Waals surface area contributed by atoms with Crippen LogP contribution >= 0.6 is 0 Å². The van der Waals surface area contributed by atoms with Gasteiger partial charge in [0.1, 0.15) is 11.5 Å². The van der Waals surface area contributed by atoms with Crippen LogP contribution in [-0.4, -0.2) is 35.5 Å². The van der Waals surface area contributed by atoms with E-state index in [-0.39, 0.29) is 17.4 Å². The molecule has 21 heavy (non-hydrogen) atoms. The molecule has 1 aliphatic rings. The Bertz CT molecular complexity index is 500. The fourth-order valence-corrected chi connectivity index (χ4v) is 2.78. The number of nitro groups is 1. The van der Waals surface area contributed by atoms with Gasteiger partial charge in [-0.1, -0.05) is 13.8 Å². The number of anilines is 1. The van der Waals surface area contributed by atoms with Crippen molar-refractivity contribution in [1.29, 1.82) is 0 Å². The van der Waals surface area contributed by atoms with Crippen molar-refractivity contribution in [3.63, 3.8) is 0 Å². The Labute approximate surface area is 124 Å². The summed E-state index contributed by atoms with van der Waals surface area (Å²) in [6.07, 6.45) is 1.83. The summed E-state index contributed by atoms with van der Waals surface area (Å²) in [6.45, 7) is 7.41. The Morgan fingerprint density at radius 1 is 1.43 bits per heavy atom. The number of nitro benzene ring substituents is 1. The maximum atomic E-state index is 13.3. The van der Waals surface area contributed by atoms with Gasteiger partial charge in [0, 0.05) is 37.8 Å². The van der Waals surface area contributed by atoms with Crippen molar-refractivity contribution in [3.05, 3.63) is 34.1 Å². The Hall–Kier alpha value is -1.69. The first-order valence-electron chi connectivity index (χ1n) is 7.38. The SMILES string of the molecule is CC(C)CN1CCC(Nc2cc(F)ccc2[N+](=O)[O-])CC1. The number of halogens is 1. The number of hydrogen-bond acceptors (Lipinski definition) is 4. The second-order valence-corrected chi connectivity index (χ2v) is 6.03. The Morgan fingerprint density at radius 3 is 2.67 bits per heavy atom. The fraction of sp³-hybridized carbons (Fsp3) is 0.600. The second kappa shape index (κ2) is 6.85. The molecule has 0 bridgehead atoms. The molecule has 0 unspecified atom stereocenters. The first kappa shape index (κ1) is 15.7. The predicted molar refractivity (Wildman–Crippen MR) is 81.0 cm³/mol. The van der Waals surface area contributed by atoms with Gasteiger partial charge in [0.2, 0.25) is 0 Å². The third-order valence-electron chi connectivity index (χ3n) is 3.73. The van der Waals surface area contributed by atoms with Gasteiger partial charge in [0.25, 0.3) is 5.69 Å². The zero-order valence-corrected chi connectivity index (χ0v) is 12.5. The number of piperidine rings is 1. The summed E-state index contributed by atoms with van der Waals surface area (Å²) in [5.41, 5.74) is 0.211. The van der Waals surface area contributed by atoms with Gasteiger partial charge < -0.3 is 10.2 Å². The van der Waals surface area contributed by atoms with Crippen molar-refractivity contribution in [2.24, 2.45) is 5.92 Å². The Kier molecular flexibility index (Phi) is 5.12. The van der Waals surface area contributed by atoms with E-state index < -0.39 is 10.7 Å². The molecular weight excluding hydrogens is 273 g/mol. The molecule has 0 saturated carbocycles. The zero-order chi connectivity index (χ0) is 15.4. The highest BCUT2D eigenvalue weighted by atomic mass is 19.1.